The summed E-state index contributed by atoms with van der Waals surface area (Å²) in [5.41, 5.74) is 2.63. The van der Waals surface area contributed by atoms with Crippen LogP contribution in [0.5, 0.6) is 0 Å². The third kappa shape index (κ3) is 5.44. The second-order valence-corrected chi connectivity index (χ2v) is 10.3. The van der Waals surface area contributed by atoms with Gasteiger partial charge in [0.2, 0.25) is 0 Å². The fraction of sp³-hybridized carbons (Fsp3) is 0.0870. The van der Waals surface area contributed by atoms with Gasteiger partial charge in [0.1, 0.15) is 6.34 Å². The van der Waals surface area contributed by atoms with Crippen LogP contribution in [0.15, 0.2) is 93.3 Å². The van der Waals surface area contributed by atoms with Gasteiger partial charge in [-0.2, -0.15) is 18.6 Å². The lowest BCUT2D eigenvalue weighted by Gasteiger charge is -2.26. The molecule has 1 unspecified atom stereocenters. The SMILES string of the molecule is N=C(S)N(C=NS(=O)(=O)c1ccc(Cl)cc1)N1CC(c2ccccc2)C(c2ccc(Cl)cc2)=N1. The summed E-state index contributed by atoms with van der Waals surface area (Å²) in [5.74, 6) is -0.140. The zero-order chi connectivity index (χ0) is 24.3. The Hall–Kier alpha value is -2.85. The number of hydrogen-bond donors (Lipinski definition) is 2. The second kappa shape index (κ2) is 10.2. The Kier molecular flexibility index (Phi) is 7.27. The summed E-state index contributed by atoms with van der Waals surface area (Å²) in [6, 6.07) is 22.8. The lowest BCUT2D eigenvalue weighted by atomic mass is 9.91. The maximum atomic E-state index is 12.7. The molecule has 1 atom stereocenters. The summed E-state index contributed by atoms with van der Waals surface area (Å²) in [4.78, 5) is -0.0206. The first-order chi connectivity index (χ1) is 16.2. The second-order valence-electron chi connectivity index (χ2n) is 7.33. The van der Waals surface area contributed by atoms with Gasteiger partial charge >= 0.3 is 0 Å². The largest absolute Gasteiger partial charge is 0.283 e. The van der Waals surface area contributed by atoms with Crippen molar-refractivity contribution in [2.75, 3.05) is 6.54 Å². The molecule has 1 aliphatic rings. The smallest absolute Gasteiger partial charge is 0.277 e. The van der Waals surface area contributed by atoms with Crippen LogP contribution in [0, 0.1) is 5.41 Å². The van der Waals surface area contributed by atoms with Crippen LogP contribution in [0.4, 0.5) is 0 Å². The minimum absolute atomic E-state index is 0.0206. The van der Waals surface area contributed by atoms with Gasteiger partial charge in [0.05, 0.1) is 23.1 Å². The van der Waals surface area contributed by atoms with Crippen molar-refractivity contribution in [2.24, 2.45) is 9.50 Å². The summed E-state index contributed by atoms with van der Waals surface area (Å²) < 4.78 is 29.1. The number of sulfonamides is 1. The number of hydrazone groups is 1. The van der Waals surface area contributed by atoms with Gasteiger partial charge < -0.3 is 0 Å². The van der Waals surface area contributed by atoms with E-state index in [1.807, 2.05) is 42.5 Å². The van der Waals surface area contributed by atoms with E-state index < -0.39 is 10.0 Å². The number of rotatable bonds is 6. The van der Waals surface area contributed by atoms with E-state index in [0.717, 1.165) is 23.2 Å². The molecule has 0 fully saturated rings. The third-order valence-corrected chi connectivity index (χ3v) is 7.06. The van der Waals surface area contributed by atoms with Crippen LogP contribution >= 0.6 is 35.8 Å². The number of halogens is 2. The molecule has 174 valence electrons. The van der Waals surface area contributed by atoms with Crippen molar-refractivity contribution in [3.63, 3.8) is 0 Å². The molecule has 0 bridgehead atoms. The van der Waals surface area contributed by atoms with Crippen LogP contribution < -0.4 is 0 Å². The molecule has 0 radical (unpaired) electrons. The number of nitrogens with one attached hydrogen (secondary N) is 1. The van der Waals surface area contributed by atoms with Crippen LogP contribution in [0.25, 0.3) is 0 Å². The van der Waals surface area contributed by atoms with E-state index in [4.69, 9.17) is 33.7 Å². The minimum Gasteiger partial charge on any atom is -0.277 e. The van der Waals surface area contributed by atoms with Gasteiger partial charge in [0.25, 0.3) is 10.0 Å². The molecule has 0 saturated heterocycles. The number of amidine groups is 1. The van der Waals surface area contributed by atoms with Crippen LogP contribution in [0.1, 0.15) is 17.0 Å². The number of thiol groups is 1. The summed E-state index contributed by atoms with van der Waals surface area (Å²) in [7, 11) is -4.02. The average molecular weight is 532 g/mol. The summed E-state index contributed by atoms with van der Waals surface area (Å²) in [6.07, 6.45) is 1.02. The van der Waals surface area contributed by atoms with Crippen molar-refractivity contribution in [1.82, 2.24) is 10.1 Å². The van der Waals surface area contributed by atoms with Crippen LogP contribution in [0.2, 0.25) is 10.0 Å². The van der Waals surface area contributed by atoms with Gasteiger partial charge in [-0.05, 0) is 47.5 Å². The Labute approximate surface area is 213 Å². The number of nitrogens with zero attached hydrogens (tertiary/aromatic N) is 4. The Balaban J connectivity index is 1.68. The molecule has 0 amide bonds. The van der Waals surface area contributed by atoms with E-state index in [1.54, 1.807) is 12.1 Å². The van der Waals surface area contributed by atoms with Gasteiger partial charge in [-0.25, -0.2) is 5.01 Å². The highest BCUT2D eigenvalue weighted by atomic mass is 35.5. The van der Waals surface area contributed by atoms with Crippen molar-refractivity contribution < 1.29 is 8.42 Å². The molecular formula is C23H19Cl2N5O2S2. The van der Waals surface area contributed by atoms with E-state index in [1.165, 1.54) is 34.4 Å². The summed E-state index contributed by atoms with van der Waals surface area (Å²) >= 11 is 16.0. The maximum absolute atomic E-state index is 12.7. The highest BCUT2D eigenvalue weighted by molar-refractivity contribution is 7.96. The summed E-state index contributed by atoms with van der Waals surface area (Å²) in [6.45, 7) is 0.345. The molecule has 0 saturated carbocycles. The van der Waals surface area contributed by atoms with Gasteiger partial charge in [0, 0.05) is 10.0 Å². The molecule has 1 N–H and O–H groups in total. The molecule has 4 rings (SSSR count). The fourth-order valence-electron chi connectivity index (χ4n) is 3.45. The van der Waals surface area contributed by atoms with Gasteiger partial charge in [-0.1, -0.05) is 65.7 Å². The van der Waals surface area contributed by atoms with Crippen LogP contribution in [-0.4, -0.2) is 42.3 Å². The lowest BCUT2D eigenvalue weighted by molar-refractivity contribution is 0.139. The maximum Gasteiger partial charge on any atom is 0.283 e. The van der Waals surface area contributed by atoms with E-state index in [0.29, 0.717) is 16.6 Å². The normalized spacial score (nSPS) is 16.0. The Bertz CT molecular complexity index is 1350. The van der Waals surface area contributed by atoms with Crippen molar-refractivity contribution in [3.05, 3.63) is 100 Å². The summed E-state index contributed by atoms with van der Waals surface area (Å²) in [5, 5.41) is 16.2. The van der Waals surface area contributed by atoms with Crippen LogP contribution in [0.3, 0.4) is 0 Å². The standard InChI is InChI=1S/C23H19Cl2N5O2S2/c24-18-8-6-17(7-9-18)22-21(16-4-2-1-3-5-16)14-30(28-22)29(23(26)33)15-27-34(31,32)20-12-10-19(25)11-13-20/h1-13,15,21H,14H2,(H2,26,33). The van der Waals surface area contributed by atoms with E-state index >= 15 is 0 Å². The molecule has 0 aliphatic carbocycles. The topological polar surface area (TPSA) is 89.2 Å². The monoisotopic (exact) mass is 531 g/mol. The first-order valence-corrected chi connectivity index (χ1v) is 12.7. The number of benzene rings is 3. The molecule has 3 aromatic carbocycles. The minimum atomic E-state index is -4.02. The van der Waals surface area contributed by atoms with Gasteiger partial charge in [0.15, 0.2) is 5.17 Å². The van der Waals surface area contributed by atoms with Crippen LogP contribution in [-0.2, 0) is 10.0 Å². The first-order valence-electron chi connectivity index (χ1n) is 10.0. The van der Waals surface area contributed by atoms with Crippen molar-refractivity contribution in [2.45, 2.75) is 10.8 Å². The zero-order valence-corrected chi connectivity index (χ0v) is 20.8. The van der Waals surface area contributed by atoms with Gasteiger partial charge in [-0.15, -0.1) is 17.0 Å². The predicted octanol–water partition coefficient (Wildman–Crippen LogP) is 5.30. The molecule has 34 heavy (non-hydrogen) atoms. The van der Waals surface area contributed by atoms with E-state index in [-0.39, 0.29) is 16.0 Å². The van der Waals surface area contributed by atoms with Crippen molar-refractivity contribution >= 4 is 63.1 Å². The fourth-order valence-corrected chi connectivity index (χ4v) is 4.67. The third-order valence-electron chi connectivity index (χ3n) is 5.11. The Morgan fingerprint density at radius 1 is 1.03 bits per heavy atom. The Morgan fingerprint density at radius 2 is 1.62 bits per heavy atom. The Morgan fingerprint density at radius 3 is 2.21 bits per heavy atom. The highest BCUT2D eigenvalue weighted by Gasteiger charge is 2.32. The van der Waals surface area contributed by atoms with E-state index in [2.05, 4.69) is 17.0 Å². The molecule has 0 aromatic heterocycles. The first kappa shape index (κ1) is 24.3. The zero-order valence-electron chi connectivity index (χ0n) is 17.6. The molecule has 7 nitrogen and oxygen atoms in total. The van der Waals surface area contributed by atoms with Gasteiger partial charge in [-0.3, -0.25) is 5.41 Å². The predicted molar refractivity (Wildman–Crippen MR) is 140 cm³/mol. The molecule has 0 spiro atoms. The quantitative estimate of drug-likeness (QED) is 0.256. The number of hydrogen-bond acceptors (Lipinski definition) is 5. The van der Waals surface area contributed by atoms with E-state index in [9.17, 15) is 8.42 Å². The molecule has 3 aromatic rings. The number of hydrazine groups is 1. The molecule has 11 heteroatoms. The average Bonchev–Trinajstić information content (AvgIpc) is 3.25. The molecular weight excluding hydrogens is 513 g/mol. The molecule has 1 aliphatic heterocycles. The van der Waals surface area contributed by atoms with Crippen molar-refractivity contribution in [1.29, 1.82) is 5.41 Å². The lowest BCUT2D eigenvalue weighted by Crippen LogP contribution is -2.40. The highest BCUT2D eigenvalue weighted by Crippen LogP contribution is 2.30. The van der Waals surface area contributed by atoms with Crippen molar-refractivity contribution in [3.8, 4) is 0 Å². The molecule has 1 heterocycles.